The summed E-state index contributed by atoms with van der Waals surface area (Å²) in [6.45, 7) is 2.74. The fraction of sp³-hybridized carbons (Fsp3) is 0.389. The minimum Gasteiger partial charge on any atom is -0.480 e. The van der Waals surface area contributed by atoms with Crippen LogP contribution in [0.25, 0.3) is 10.9 Å². The molecular weight excluding hydrogens is 352 g/mol. The molecule has 0 saturated heterocycles. The Morgan fingerprint density at radius 2 is 1.81 bits per heavy atom. The predicted molar refractivity (Wildman–Crippen MR) is 98.8 cm³/mol. The number of fused-ring (bicyclic) bond motifs is 1. The highest BCUT2D eigenvalue weighted by Crippen LogP contribution is 2.19. The zero-order valence-corrected chi connectivity index (χ0v) is 15.1. The maximum absolute atomic E-state index is 12.6. The summed E-state index contributed by atoms with van der Waals surface area (Å²) in [5, 5.41) is 24.4. The van der Waals surface area contributed by atoms with Gasteiger partial charge >= 0.3 is 5.97 Å². The van der Waals surface area contributed by atoms with Crippen molar-refractivity contribution in [2.45, 2.75) is 44.5 Å². The summed E-state index contributed by atoms with van der Waals surface area (Å²) in [6.07, 6.45) is 0.552. The number of aliphatic hydroxyl groups is 1. The van der Waals surface area contributed by atoms with Crippen LogP contribution in [0.4, 0.5) is 0 Å². The lowest BCUT2D eigenvalue weighted by molar-refractivity contribution is -0.145. The van der Waals surface area contributed by atoms with Gasteiger partial charge in [-0.2, -0.15) is 0 Å². The Hall–Kier alpha value is -2.91. The quantitative estimate of drug-likeness (QED) is 0.364. The molecule has 2 rings (SSSR count). The van der Waals surface area contributed by atoms with Gasteiger partial charge in [-0.1, -0.05) is 18.2 Å². The number of rotatable bonds is 8. The van der Waals surface area contributed by atoms with Gasteiger partial charge in [0.2, 0.25) is 11.8 Å². The lowest BCUT2D eigenvalue weighted by Gasteiger charge is -2.23. The van der Waals surface area contributed by atoms with Crippen LogP contribution in [0.1, 0.15) is 19.4 Å². The lowest BCUT2D eigenvalue weighted by Crippen LogP contribution is -2.56. The van der Waals surface area contributed by atoms with E-state index in [1.165, 1.54) is 13.8 Å². The molecule has 2 amide bonds. The van der Waals surface area contributed by atoms with Gasteiger partial charge in [0.1, 0.15) is 6.04 Å². The average Bonchev–Trinajstić information content (AvgIpc) is 3.01. The molecule has 9 nitrogen and oxygen atoms in total. The molecule has 27 heavy (non-hydrogen) atoms. The molecule has 0 unspecified atom stereocenters. The molecule has 146 valence electrons. The number of hydrogen-bond acceptors (Lipinski definition) is 5. The highest BCUT2D eigenvalue weighted by Gasteiger charge is 2.30. The normalized spacial score (nSPS) is 15.6. The maximum Gasteiger partial charge on any atom is 0.328 e. The van der Waals surface area contributed by atoms with Crippen LogP contribution in [0.15, 0.2) is 30.5 Å². The molecule has 1 heterocycles. The SMILES string of the molecule is C[C@H](N)C(=O)N[C@@H](Cc1c[nH]c2ccccc12)C(=O)N[C@H](C(=O)O)[C@@H](C)O. The molecule has 0 saturated carbocycles. The highest BCUT2D eigenvalue weighted by atomic mass is 16.4. The molecule has 7 N–H and O–H groups in total. The number of carboxylic acid groups (broad SMARTS) is 1. The Bertz CT molecular complexity index is 830. The number of aliphatic hydroxyl groups excluding tert-OH is 1. The minimum absolute atomic E-state index is 0.125. The summed E-state index contributed by atoms with van der Waals surface area (Å²) < 4.78 is 0. The van der Waals surface area contributed by atoms with Crippen LogP contribution in [0.2, 0.25) is 0 Å². The van der Waals surface area contributed by atoms with Crippen LogP contribution < -0.4 is 16.4 Å². The first-order chi connectivity index (χ1) is 12.7. The number of amides is 2. The molecule has 0 bridgehead atoms. The molecule has 0 aliphatic heterocycles. The monoisotopic (exact) mass is 376 g/mol. The minimum atomic E-state index is -1.49. The van der Waals surface area contributed by atoms with Crippen molar-refractivity contribution in [1.82, 2.24) is 15.6 Å². The summed E-state index contributed by atoms with van der Waals surface area (Å²) >= 11 is 0. The second-order valence-corrected chi connectivity index (χ2v) is 6.48. The number of aromatic amines is 1. The number of aliphatic carboxylic acids is 1. The number of nitrogens with one attached hydrogen (secondary N) is 3. The van der Waals surface area contributed by atoms with Gasteiger partial charge in [0.25, 0.3) is 0 Å². The maximum atomic E-state index is 12.6. The van der Waals surface area contributed by atoms with Gasteiger partial charge in [0, 0.05) is 23.5 Å². The van der Waals surface area contributed by atoms with E-state index in [-0.39, 0.29) is 6.42 Å². The zero-order valence-electron chi connectivity index (χ0n) is 15.1. The number of aromatic nitrogens is 1. The van der Waals surface area contributed by atoms with Crippen molar-refractivity contribution in [3.63, 3.8) is 0 Å². The van der Waals surface area contributed by atoms with E-state index in [0.717, 1.165) is 16.5 Å². The zero-order chi connectivity index (χ0) is 20.1. The molecule has 9 heteroatoms. The fourth-order valence-electron chi connectivity index (χ4n) is 2.68. The second-order valence-electron chi connectivity index (χ2n) is 6.48. The van der Waals surface area contributed by atoms with E-state index >= 15 is 0 Å². The molecule has 4 atom stereocenters. The number of nitrogens with two attached hydrogens (primary N) is 1. The summed E-state index contributed by atoms with van der Waals surface area (Å²) in [7, 11) is 0. The standard InChI is InChI=1S/C18H24N4O5/c1-9(19)16(24)21-14(17(25)22-15(10(2)23)18(26)27)7-11-8-20-13-6-4-3-5-12(11)13/h3-6,8-10,14-15,20,23H,7,19H2,1-2H3,(H,21,24)(H,22,25)(H,26,27)/t9-,10+,14-,15-/m0/s1. The largest absolute Gasteiger partial charge is 0.480 e. The molecule has 0 aliphatic carbocycles. The van der Waals surface area contributed by atoms with Crippen LogP contribution in [-0.2, 0) is 20.8 Å². The predicted octanol–water partition coefficient (Wildman–Crippen LogP) is -0.507. The number of carbonyl (C=O) groups excluding carboxylic acids is 2. The topological polar surface area (TPSA) is 158 Å². The van der Waals surface area contributed by atoms with Gasteiger partial charge in [0.05, 0.1) is 12.1 Å². The van der Waals surface area contributed by atoms with Gasteiger partial charge in [0.15, 0.2) is 6.04 Å². The van der Waals surface area contributed by atoms with E-state index in [1.807, 2.05) is 24.3 Å². The Balaban J connectivity index is 2.26. The van der Waals surface area contributed by atoms with E-state index in [2.05, 4.69) is 15.6 Å². The van der Waals surface area contributed by atoms with Crippen molar-refractivity contribution >= 4 is 28.7 Å². The van der Waals surface area contributed by atoms with Crippen LogP contribution >= 0.6 is 0 Å². The van der Waals surface area contributed by atoms with Gasteiger partial charge in [-0.15, -0.1) is 0 Å². The van der Waals surface area contributed by atoms with E-state index in [9.17, 15) is 19.5 Å². The van der Waals surface area contributed by atoms with E-state index in [4.69, 9.17) is 10.8 Å². The summed E-state index contributed by atoms with van der Waals surface area (Å²) in [5.74, 6) is -2.63. The molecule has 0 radical (unpaired) electrons. The van der Waals surface area contributed by atoms with E-state index < -0.39 is 42.0 Å². The van der Waals surface area contributed by atoms with Crippen molar-refractivity contribution in [3.8, 4) is 0 Å². The van der Waals surface area contributed by atoms with Gasteiger partial charge in [-0.3, -0.25) is 9.59 Å². The smallest absolute Gasteiger partial charge is 0.328 e. The number of hydrogen-bond donors (Lipinski definition) is 6. The summed E-state index contributed by atoms with van der Waals surface area (Å²) in [6, 6.07) is 4.09. The Kier molecular flexibility index (Phi) is 6.54. The Labute approximate surface area is 155 Å². The molecule has 0 aliphatic rings. The molecular formula is C18H24N4O5. The molecule has 1 aromatic carbocycles. The van der Waals surface area contributed by atoms with Crippen molar-refractivity contribution in [2.24, 2.45) is 5.73 Å². The lowest BCUT2D eigenvalue weighted by atomic mass is 10.0. The van der Waals surface area contributed by atoms with Crippen LogP contribution in [-0.4, -0.2) is 57.2 Å². The highest BCUT2D eigenvalue weighted by molar-refractivity contribution is 5.92. The number of carbonyl (C=O) groups is 3. The molecule has 2 aromatic rings. The molecule has 0 fully saturated rings. The fourth-order valence-corrected chi connectivity index (χ4v) is 2.68. The Morgan fingerprint density at radius 3 is 2.41 bits per heavy atom. The first-order valence-electron chi connectivity index (χ1n) is 8.53. The third-order valence-electron chi connectivity index (χ3n) is 4.19. The van der Waals surface area contributed by atoms with Gasteiger partial charge < -0.3 is 31.6 Å². The third-order valence-corrected chi connectivity index (χ3v) is 4.19. The van der Waals surface area contributed by atoms with Crippen LogP contribution in [0, 0.1) is 0 Å². The average molecular weight is 376 g/mol. The second kappa shape index (κ2) is 8.65. The van der Waals surface area contributed by atoms with Crippen molar-refractivity contribution in [3.05, 3.63) is 36.0 Å². The number of benzene rings is 1. The Morgan fingerprint density at radius 1 is 1.15 bits per heavy atom. The number of para-hydroxylation sites is 1. The first-order valence-corrected chi connectivity index (χ1v) is 8.53. The molecule has 0 spiro atoms. The number of H-pyrrole nitrogens is 1. The number of carboxylic acids is 1. The van der Waals surface area contributed by atoms with Crippen molar-refractivity contribution in [1.29, 1.82) is 0 Å². The summed E-state index contributed by atoms with van der Waals surface area (Å²) in [5.41, 5.74) is 7.21. The van der Waals surface area contributed by atoms with Crippen molar-refractivity contribution in [2.75, 3.05) is 0 Å². The third kappa shape index (κ3) is 5.05. The first kappa shape index (κ1) is 20.4. The van der Waals surface area contributed by atoms with Crippen LogP contribution in [0.3, 0.4) is 0 Å². The van der Waals surface area contributed by atoms with Crippen LogP contribution in [0.5, 0.6) is 0 Å². The van der Waals surface area contributed by atoms with Gasteiger partial charge in [-0.25, -0.2) is 4.79 Å². The van der Waals surface area contributed by atoms with Crippen molar-refractivity contribution < 1.29 is 24.6 Å². The van der Waals surface area contributed by atoms with E-state index in [1.54, 1.807) is 6.20 Å². The van der Waals surface area contributed by atoms with Gasteiger partial charge in [-0.05, 0) is 25.5 Å². The summed E-state index contributed by atoms with van der Waals surface area (Å²) in [4.78, 5) is 39.0. The molecule has 1 aromatic heterocycles. The van der Waals surface area contributed by atoms with E-state index in [0.29, 0.717) is 0 Å².